The van der Waals surface area contributed by atoms with Gasteiger partial charge < -0.3 is 10.6 Å². The first-order valence-electron chi connectivity index (χ1n) is 5.67. The minimum Gasteiger partial charge on any atom is -0.377 e. The fourth-order valence-corrected chi connectivity index (χ4v) is 2.53. The van der Waals surface area contributed by atoms with Gasteiger partial charge in [0.05, 0.1) is 29.3 Å². The fraction of sp³-hybridized carbons (Fsp3) is 0.333. The van der Waals surface area contributed by atoms with Crippen molar-refractivity contribution in [3.63, 3.8) is 0 Å². The Morgan fingerprint density at radius 2 is 2.28 bits per heavy atom. The monoisotopic (exact) mass is 264 g/mol. The van der Waals surface area contributed by atoms with E-state index < -0.39 is 0 Å². The molecule has 0 aliphatic rings. The number of anilines is 2. The Morgan fingerprint density at radius 3 is 2.89 bits per heavy atom. The quantitative estimate of drug-likeness (QED) is 0.795. The number of amides is 1. The normalized spacial score (nSPS) is 10.4. The van der Waals surface area contributed by atoms with Gasteiger partial charge in [-0.2, -0.15) is 5.10 Å². The van der Waals surface area contributed by atoms with Crippen LogP contribution in [0, 0.1) is 13.8 Å². The smallest absolute Gasteiger partial charge is 0.221 e. The Kier molecular flexibility index (Phi) is 3.66. The van der Waals surface area contributed by atoms with E-state index in [0.29, 0.717) is 6.54 Å². The van der Waals surface area contributed by atoms with Crippen LogP contribution in [-0.2, 0) is 11.3 Å². The Morgan fingerprint density at radius 1 is 1.50 bits per heavy atom. The maximum absolute atomic E-state index is 11.1. The van der Waals surface area contributed by atoms with Gasteiger partial charge >= 0.3 is 0 Å². The van der Waals surface area contributed by atoms with Crippen molar-refractivity contribution in [1.29, 1.82) is 0 Å². The molecule has 3 N–H and O–H groups in total. The molecule has 0 aliphatic carbocycles. The lowest BCUT2D eigenvalue weighted by atomic mass is 10.3. The molecule has 0 atom stereocenters. The van der Waals surface area contributed by atoms with Crippen molar-refractivity contribution >= 4 is 28.6 Å². The van der Waals surface area contributed by atoms with E-state index >= 15 is 0 Å². The molecule has 0 saturated carbocycles. The number of nitrogens with one attached hydrogen (secondary N) is 3. The molecule has 6 heteroatoms. The predicted molar refractivity (Wildman–Crippen MR) is 74.0 cm³/mol. The van der Waals surface area contributed by atoms with E-state index in [9.17, 15) is 4.79 Å². The molecule has 2 aromatic rings. The number of nitrogens with zero attached hydrogens (tertiary/aromatic N) is 1. The number of aromatic nitrogens is 2. The van der Waals surface area contributed by atoms with Crippen LogP contribution in [0.5, 0.6) is 0 Å². The number of hydrogen-bond donors (Lipinski definition) is 3. The van der Waals surface area contributed by atoms with Crippen LogP contribution in [0.1, 0.15) is 23.2 Å². The summed E-state index contributed by atoms with van der Waals surface area (Å²) >= 11 is 1.62. The molecule has 0 aromatic carbocycles. The summed E-state index contributed by atoms with van der Waals surface area (Å²) in [6, 6.07) is 1.91. The van der Waals surface area contributed by atoms with Crippen LogP contribution in [0.2, 0.25) is 0 Å². The lowest BCUT2D eigenvalue weighted by Crippen LogP contribution is -2.08. The zero-order chi connectivity index (χ0) is 13.1. The minimum atomic E-state index is -0.0506. The minimum absolute atomic E-state index is 0.0506. The Labute approximate surface area is 110 Å². The molecule has 1 amide bonds. The van der Waals surface area contributed by atoms with Crippen molar-refractivity contribution in [3.8, 4) is 0 Å². The number of aromatic amines is 1. The van der Waals surface area contributed by atoms with Crippen molar-refractivity contribution < 1.29 is 4.79 Å². The molecular weight excluding hydrogens is 248 g/mol. The lowest BCUT2D eigenvalue weighted by Gasteiger charge is -2.07. The van der Waals surface area contributed by atoms with E-state index in [0.717, 1.165) is 27.6 Å². The number of thiophene rings is 1. The van der Waals surface area contributed by atoms with Gasteiger partial charge in [-0.1, -0.05) is 0 Å². The average Bonchev–Trinajstić information content (AvgIpc) is 2.85. The summed E-state index contributed by atoms with van der Waals surface area (Å²) in [7, 11) is 0. The van der Waals surface area contributed by atoms with Crippen LogP contribution in [0.15, 0.2) is 11.4 Å². The van der Waals surface area contributed by atoms with Gasteiger partial charge in [0, 0.05) is 11.8 Å². The SMILES string of the molecule is CC(=O)Nc1ccsc1CNc1c(C)n[nH]c1C. The molecule has 18 heavy (non-hydrogen) atoms. The van der Waals surface area contributed by atoms with Gasteiger partial charge in [0.2, 0.25) is 5.91 Å². The number of aryl methyl sites for hydroxylation is 2. The third kappa shape index (κ3) is 2.70. The second-order valence-electron chi connectivity index (χ2n) is 4.10. The third-order valence-corrected chi connectivity index (χ3v) is 3.53. The van der Waals surface area contributed by atoms with Gasteiger partial charge in [-0.15, -0.1) is 11.3 Å². The lowest BCUT2D eigenvalue weighted by molar-refractivity contribution is -0.114. The Balaban J connectivity index is 2.07. The van der Waals surface area contributed by atoms with Crippen molar-refractivity contribution in [2.45, 2.75) is 27.3 Å². The number of H-pyrrole nitrogens is 1. The summed E-state index contributed by atoms with van der Waals surface area (Å²) in [5.74, 6) is -0.0506. The van der Waals surface area contributed by atoms with Gasteiger partial charge in [0.25, 0.3) is 0 Å². The average molecular weight is 264 g/mol. The standard InChI is InChI=1S/C12H16N4OS/c1-7-12(8(2)16-15-7)13-6-11-10(4-5-18-11)14-9(3)17/h4-5,13H,6H2,1-3H3,(H,14,17)(H,15,16). The van der Waals surface area contributed by atoms with Crippen LogP contribution in [0.25, 0.3) is 0 Å². The number of rotatable bonds is 4. The summed E-state index contributed by atoms with van der Waals surface area (Å²) < 4.78 is 0. The van der Waals surface area contributed by atoms with Crippen LogP contribution >= 0.6 is 11.3 Å². The molecule has 0 aliphatic heterocycles. The Hall–Kier alpha value is -1.82. The summed E-state index contributed by atoms with van der Waals surface area (Å²) in [4.78, 5) is 12.2. The van der Waals surface area contributed by atoms with Crippen molar-refractivity contribution in [3.05, 3.63) is 27.7 Å². The van der Waals surface area contributed by atoms with E-state index in [4.69, 9.17) is 0 Å². The molecule has 2 rings (SSSR count). The van der Waals surface area contributed by atoms with Crippen molar-refractivity contribution in [1.82, 2.24) is 10.2 Å². The van der Waals surface area contributed by atoms with Crippen LogP contribution < -0.4 is 10.6 Å². The molecule has 2 aromatic heterocycles. The van der Waals surface area contributed by atoms with Gasteiger partial charge in [-0.05, 0) is 25.3 Å². The molecule has 96 valence electrons. The molecule has 2 heterocycles. The van der Waals surface area contributed by atoms with E-state index in [1.54, 1.807) is 11.3 Å². The maximum Gasteiger partial charge on any atom is 0.221 e. The highest BCUT2D eigenvalue weighted by atomic mass is 32.1. The summed E-state index contributed by atoms with van der Waals surface area (Å²) in [5, 5.41) is 15.2. The van der Waals surface area contributed by atoms with Crippen molar-refractivity contribution in [2.75, 3.05) is 10.6 Å². The first-order chi connectivity index (χ1) is 8.58. The first-order valence-corrected chi connectivity index (χ1v) is 6.55. The topological polar surface area (TPSA) is 69.8 Å². The number of hydrogen-bond acceptors (Lipinski definition) is 4. The third-order valence-electron chi connectivity index (χ3n) is 2.61. The highest BCUT2D eigenvalue weighted by Crippen LogP contribution is 2.25. The van der Waals surface area contributed by atoms with E-state index in [1.807, 2.05) is 25.3 Å². The fourth-order valence-electron chi connectivity index (χ4n) is 1.76. The van der Waals surface area contributed by atoms with Gasteiger partial charge in [0.1, 0.15) is 0 Å². The molecule has 0 unspecified atom stereocenters. The van der Waals surface area contributed by atoms with Gasteiger partial charge in [0.15, 0.2) is 0 Å². The molecule has 0 spiro atoms. The van der Waals surface area contributed by atoms with Crippen LogP contribution in [-0.4, -0.2) is 16.1 Å². The zero-order valence-electron chi connectivity index (χ0n) is 10.6. The molecule has 5 nitrogen and oxygen atoms in total. The second kappa shape index (κ2) is 5.22. The van der Waals surface area contributed by atoms with Crippen molar-refractivity contribution in [2.24, 2.45) is 0 Å². The summed E-state index contributed by atoms with van der Waals surface area (Å²) in [5.41, 5.74) is 3.87. The van der Waals surface area contributed by atoms with E-state index in [1.165, 1.54) is 6.92 Å². The molecule has 0 bridgehead atoms. The van der Waals surface area contributed by atoms with Gasteiger partial charge in [-0.3, -0.25) is 9.89 Å². The van der Waals surface area contributed by atoms with E-state index in [2.05, 4.69) is 20.8 Å². The van der Waals surface area contributed by atoms with Gasteiger partial charge in [-0.25, -0.2) is 0 Å². The number of carbonyl (C=O) groups is 1. The van der Waals surface area contributed by atoms with Crippen LogP contribution in [0.3, 0.4) is 0 Å². The molecule has 0 saturated heterocycles. The highest BCUT2D eigenvalue weighted by Gasteiger charge is 2.09. The summed E-state index contributed by atoms with van der Waals surface area (Å²) in [6.45, 7) is 6.12. The summed E-state index contributed by atoms with van der Waals surface area (Å²) in [6.07, 6.45) is 0. The maximum atomic E-state index is 11.1. The Bertz CT molecular complexity index is 539. The molecule has 0 fully saturated rings. The number of carbonyl (C=O) groups excluding carboxylic acids is 1. The largest absolute Gasteiger partial charge is 0.377 e. The predicted octanol–water partition coefficient (Wildman–Crippen LogP) is 2.66. The second-order valence-corrected chi connectivity index (χ2v) is 5.10. The molecule has 0 radical (unpaired) electrons. The van der Waals surface area contributed by atoms with Crippen LogP contribution in [0.4, 0.5) is 11.4 Å². The first kappa shape index (κ1) is 12.6. The zero-order valence-corrected chi connectivity index (χ0v) is 11.4. The highest BCUT2D eigenvalue weighted by molar-refractivity contribution is 7.10. The van der Waals surface area contributed by atoms with E-state index in [-0.39, 0.29) is 5.91 Å². The molecular formula is C12H16N4OS.